The number of ether oxygens (including phenoxy) is 1. The van der Waals surface area contributed by atoms with Gasteiger partial charge in [0.1, 0.15) is 24.2 Å². The minimum atomic E-state index is -0.602. The summed E-state index contributed by atoms with van der Waals surface area (Å²) in [5.41, 5.74) is 5.40. The normalized spacial score (nSPS) is 14.8. The van der Waals surface area contributed by atoms with Crippen molar-refractivity contribution in [2.24, 2.45) is 5.92 Å². The smallest absolute Gasteiger partial charge is 0.319 e. The number of carbonyl (C=O) groups excluding carboxylic acids is 1. The van der Waals surface area contributed by atoms with Crippen LogP contribution in [0.25, 0.3) is 22.6 Å². The first kappa shape index (κ1) is 29.5. The predicted molar refractivity (Wildman–Crippen MR) is 154 cm³/mol. The summed E-state index contributed by atoms with van der Waals surface area (Å²) < 4.78 is 11.3. The largest absolute Gasteiger partial charge is 0.491 e. The molecule has 0 radical (unpaired) electrons. The molecule has 1 aromatic carbocycles. The number of aliphatic hydroxyl groups excluding tert-OH is 1. The Balaban J connectivity index is 1.59. The Morgan fingerprint density at radius 2 is 1.98 bits per heavy atom. The van der Waals surface area contributed by atoms with Gasteiger partial charge in [0.2, 0.25) is 0 Å². The number of amides is 2. The number of piperidine rings is 1. The average molecular weight is 551 g/mol. The van der Waals surface area contributed by atoms with Crippen molar-refractivity contribution in [3.05, 3.63) is 47.0 Å². The quantitative estimate of drug-likeness (QED) is 0.389. The van der Waals surface area contributed by atoms with Gasteiger partial charge in [-0.3, -0.25) is 0 Å². The first-order chi connectivity index (χ1) is 19.2. The lowest BCUT2D eigenvalue weighted by molar-refractivity contribution is 0.108. The van der Waals surface area contributed by atoms with E-state index < -0.39 is 6.10 Å². The molecule has 4 rings (SSSR count). The molecule has 10 nitrogen and oxygen atoms in total. The minimum Gasteiger partial charge on any atom is -0.491 e. The summed E-state index contributed by atoms with van der Waals surface area (Å²) in [4.78, 5) is 26.0. The zero-order valence-corrected chi connectivity index (χ0v) is 24.5. The molecule has 1 saturated heterocycles. The van der Waals surface area contributed by atoms with Crippen molar-refractivity contribution in [2.75, 3.05) is 47.4 Å². The molecule has 0 aliphatic carbocycles. The van der Waals surface area contributed by atoms with Gasteiger partial charge in [-0.25, -0.2) is 14.8 Å². The summed E-state index contributed by atoms with van der Waals surface area (Å²) in [7, 11) is 5.40. The van der Waals surface area contributed by atoms with Crippen LogP contribution >= 0.6 is 0 Å². The number of hydrogen-bond donors (Lipinski definition) is 2. The van der Waals surface area contributed by atoms with Gasteiger partial charge in [0.15, 0.2) is 5.82 Å². The molecule has 2 aromatic heterocycles. The first-order valence-electron chi connectivity index (χ1n) is 14.0. The van der Waals surface area contributed by atoms with Gasteiger partial charge in [-0.1, -0.05) is 17.3 Å². The van der Waals surface area contributed by atoms with Gasteiger partial charge in [0.05, 0.1) is 17.0 Å². The number of aliphatic hydroxyl groups is 1. The highest BCUT2D eigenvalue weighted by Gasteiger charge is 2.25. The summed E-state index contributed by atoms with van der Waals surface area (Å²) in [6, 6.07) is 7.75. The van der Waals surface area contributed by atoms with Crippen molar-refractivity contribution in [2.45, 2.75) is 52.6 Å². The van der Waals surface area contributed by atoms with Gasteiger partial charge in [-0.05, 0) is 77.1 Å². The molecule has 1 unspecified atom stereocenters. The van der Waals surface area contributed by atoms with Crippen LogP contribution < -0.4 is 10.1 Å². The van der Waals surface area contributed by atoms with Crippen molar-refractivity contribution in [1.82, 2.24) is 30.2 Å². The van der Waals surface area contributed by atoms with E-state index in [9.17, 15) is 9.90 Å². The Morgan fingerprint density at radius 1 is 1.23 bits per heavy atom. The van der Waals surface area contributed by atoms with Gasteiger partial charge in [0, 0.05) is 45.0 Å². The summed E-state index contributed by atoms with van der Waals surface area (Å²) in [6.45, 7) is 8.13. The number of urea groups is 1. The monoisotopic (exact) mass is 550 g/mol. The van der Waals surface area contributed by atoms with Gasteiger partial charge in [-0.15, -0.1) is 0 Å². The number of benzene rings is 1. The van der Waals surface area contributed by atoms with Crippen LogP contribution in [0.1, 0.15) is 42.0 Å². The number of likely N-dealkylation sites (N-methyl/N-ethyl adjacent to an activating group) is 1. The summed E-state index contributed by atoms with van der Waals surface area (Å²) >= 11 is 0. The van der Waals surface area contributed by atoms with Crippen LogP contribution in [0.15, 0.2) is 28.8 Å². The molecular formula is C30H42N6O4. The van der Waals surface area contributed by atoms with Crippen LogP contribution in [0.2, 0.25) is 0 Å². The molecule has 3 aromatic rings. The molecule has 1 atom stereocenters. The summed E-state index contributed by atoms with van der Waals surface area (Å²) in [6.07, 6.45) is 3.19. The molecule has 0 bridgehead atoms. The van der Waals surface area contributed by atoms with Gasteiger partial charge < -0.3 is 29.5 Å². The molecule has 2 amide bonds. The van der Waals surface area contributed by atoms with E-state index in [1.807, 2.05) is 43.0 Å². The maximum atomic E-state index is 12.3. The fourth-order valence-electron chi connectivity index (χ4n) is 5.25. The van der Waals surface area contributed by atoms with Crippen LogP contribution in [-0.4, -0.2) is 89.6 Å². The lowest BCUT2D eigenvalue weighted by Gasteiger charge is -2.33. The van der Waals surface area contributed by atoms with Gasteiger partial charge in [0.25, 0.3) is 0 Å². The van der Waals surface area contributed by atoms with Crippen LogP contribution in [0, 0.1) is 26.7 Å². The number of likely N-dealkylation sites (tertiary alicyclic amines) is 1. The van der Waals surface area contributed by atoms with E-state index in [1.54, 1.807) is 26.0 Å². The Morgan fingerprint density at radius 3 is 2.62 bits per heavy atom. The molecule has 40 heavy (non-hydrogen) atoms. The number of rotatable bonds is 10. The maximum absolute atomic E-state index is 12.3. The van der Waals surface area contributed by atoms with Gasteiger partial charge in [-0.2, -0.15) is 0 Å². The van der Waals surface area contributed by atoms with E-state index in [0.717, 1.165) is 78.3 Å². The Bertz CT molecular complexity index is 1280. The number of hydrogen-bond acceptors (Lipinski definition) is 8. The number of aryl methyl sites for hydroxylation is 3. The third-order valence-electron chi connectivity index (χ3n) is 7.55. The lowest BCUT2D eigenvalue weighted by atomic mass is 9.90. The van der Waals surface area contributed by atoms with E-state index in [4.69, 9.17) is 19.2 Å². The first-order valence-corrected chi connectivity index (χ1v) is 14.0. The Hall–Kier alpha value is -3.50. The van der Waals surface area contributed by atoms with Crippen molar-refractivity contribution in [3.63, 3.8) is 0 Å². The zero-order chi connectivity index (χ0) is 28.8. The highest BCUT2D eigenvalue weighted by molar-refractivity contribution is 5.74. The standard InChI is InChI=1S/C30H42N6O4/c1-19-26(11-10-22-12-14-36(15-13-22)30(38)35(5)6)32-29(33-28(19)27-20(2)34-40-21(27)3)23-8-7-9-25(16-23)39-18-24(37)17-31-4/h7-9,16,22,24,31,37H,10-15,17-18H2,1-6H3. The van der Waals surface area contributed by atoms with Crippen molar-refractivity contribution in [1.29, 1.82) is 0 Å². The van der Waals surface area contributed by atoms with Crippen LogP contribution in [0.5, 0.6) is 5.75 Å². The summed E-state index contributed by atoms with van der Waals surface area (Å²) in [5.74, 6) is 2.52. The third kappa shape index (κ3) is 6.98. The minimum absolute atomic E-state index is 0.0848. The van der Waals surface area contributed by atoms with E-state index >= 15 is 0 Å². The SMILES string of the molecule is CNCC(O)COc1cccc(-c2nc(CCC3CCN(C(=O)N(C)C)CC3)c(C)c(-c3c(C)noc3C)n2)c1. The van der Waals surface area contributed by atoms with Crippen LogP contribution in [0.3, 0.4) is 0 Å². The molecule has 0 saturated carbocycles. The Kier molecular flexibility index (Phi) is 9.76. The second kappa shape index (κ2) is 13.2. The topological polar surface area (TPSA) is 117 Å². The molecule has 10 heteroatoms. The second-order valence-corrected chi connectivity index (χ2v) is 10.9. The molecule has 216 valence electrons. The maximum Gasteiger partial charge on any atom is 0.319 e. The number of aromatic nitrogens is 3. The molecular weight excluding hydrogens is 508 g/mol. The number of nitrogens with zero attached hydrogens (tertiary/aromatic N) is 5. The van der Waals surface area contributed by atoms with Gasteiger partial charge >= 0.3 is 6.03 Å². The fourth-order valence-corrected chi connectivity index (χ4v) is 5.25. The van der Waals surface area contributed by atoms with E-state index in [0.29, 0.717) is 24.0 Å². The molecule has 1 aliphatic heterocycles. The highest BCUT2D eigenvalue weighted by Crippen LogP contribution is 2.33. The van der Waals surface area contributed by atoms with E-state index in [2.05, 4.69) is 17.4 Å². The molecule has 1 aliphatic rings. The second-order valence-electron chi connectivity index (χ2n) is 10.9. The fraction of sp³-hybridized carbons (Fsp3) is 0.533. The van der Waals surface area contributed by atoms with E-state index in [-0.39, 0.29) is 12.6 Å². The zero-order valence-electron chi connectivity index (χ0n) is 24.5. The number of carbonyl (C=O) groups is 1. The van der Waals surface area contributed by atoms with Crippen LogP contribution in [0.4, 0.5) is 4.79 Å². The Labute approximate surface area is 236 Å². The van der Waals surface area contributed by atoms with Crippen molar-refractivity contribution in [3.8, 4) is 28.4 Å². The summed E-state index contributed by atoms with van der Waals surface area (Å²) in [5, 5.41) is 17.2. The lowest BCUT2D eigenvalue weighted by Crippen LogP contribution is -2.43. The number of nitrogens with one attached hydrogen (secondary N) is 1. The molecule has 2 N–H and O–H groups in total. The predicted octanol–water partition coefficient (Wildman–Crippen LogP) is 4.01. The van der Waals surface area contributed by atoms with Crippen LogP contribution in [-0.2, 0) is 6.42 Å². The molecule has 0 spiro atoms. The average Bonchev–Trinajstić information content (AvgIpc) is 3.28. The third-order valence-corrected chi connectivity index (χ3v) is 7.55. The highest BCUT2D eigenvalue weighted by atomic mass is 16.5. The molecule has 1 fully saturated rings. The van der Waals surface area contributed by atoms with E-state index in [1.165, 1.54) is 0 Å². The van der Waals surface area contributed by atoms with Crippen molar-refractivity contribution >= 4 is 6.03 Å². The molecule has 3 heterocycles. The van der Waals surface area contributed by atoms with Crippen molar-refractivity contribution < 1.29 is 19.2 Å².